The maximum absolute atomic E-state index is 10.1. The van der Waals surface area contributed by atoms with Gasteiger partial charge in [-0.05, 0) is 83.5 Å². The van der Waals surface area contributed by atoms with Crippen molar-refractivity contribution >= 4 is 27.4 Å². The molecule has 0 bridgehead atoms. The van der Waals surface area contributed by atoms with E-state index in [0.717, 1.165) is 80.2 Å². The van der Waals surface area contributed by atoms with E-state index in [9.17, 15) is 10.5 Å². The van der Waals surface area contributed by atoms with E-state index in [1.807, 2.05) is 4.68 Å². The van der Waals surface area contributed by atoms with Gasteiger partial charge in [-0.3, -0.25) is 0 Å². The Balaban J connectivity index is 1.32. The largest absolute Gasteiger partial charge is 0.389 e. The van der Waals surface area contributed by atoms with Crippen molar-refractivity contribution in [3.63, 3.8) is 0 Å². The topological polar surface area (TPSA) is 164 Å². The number of rotatable bonds is 4. The van der Waals surface area contributed by atoms with Crippen molar-refractivity contribution in [2.24, 2.45) is 0 Å². The molecule has 5 aromatic heterocycles. The number of aromatic nitrogens is 7. The van der Waals surface area contributed by atoms with E-state index in [1.165, 1.54) is 16.2 Å². The molecule has 2 N–H and O–H groups in total. The van der Waals surface area contributed by atoms with Crippen molar-refractivity contribution in [2.75, 3.05) is 19.3 Å². The van der Waals surface area contributed by atoms with Crippen LogP contribution < -0.4 is 5.73 Å². The van der Waals surface area contributed by atoms with Gasteiger partial charge < -0.3 is 15.2 Å². The molecule has 0 aromatic carbocycles. The van der Waals surface area contributed by atoms with Crippen molar-refractivity contribution in [3.8, 4) is 29.5 Å². The molecule has 13 heteroatoms. The molecule has 44 heavy (non-hydrogen) atoms. The quantitative estimate of drug-likeness (QED) is 0.304. The number of thiophene rings is 1. The number of likely N-dealkylation sites (tertiary alicyclic amines) is 1. The van der Waals surface area contributed by atoms with Crippen molar-refractivity contribution < 1.29 is 4.52 Å². The van der Waals surface area contributed by atoms with E-state index in [4.69, 9.17) is 25.3 Å². The average molecular weight is 606 g/mol. The third-order valence-corrected chi connectivity index (χ3v) is 11.0. The number of hydrogen-bond donors (Lipinski definition) is 1. The van der Waals surface area contributed by atoms with Crippen LogP contribution in [-0.2, 0) is 18.3 Å². The molecular formula is C31H31N11OS. The van der Waals surface area contributed by atoms with Crippen LogP contribution in [0.1, 0.15) is 84.5 Å². The second-order valence-electron chi connectivity index (χ2n) is 12.3. The molecule has 5 aromatic rings. The first-order valence-electron chi connectivity index (χ1n) is 15.2. The smallest absolute Gasteiger partial charge is 0.186 e. The van der Waals surface area contributed by atoms with Gasteiger partial charge in [0.1, 0.15) is 17.1 Å². The summed E-state index contributed by atoms with van der Waals surface area (Å²) in [5, 5.41) is 34.8. The molecular weight excluding hydrogens is 574 g/mol. The van der Waals surface area contributed by atoms with E-state index in [1.54, 1.807) is 23.1 Å². The molecule has 0 radical (unpaired) electrons. The Morgan fingerprint density at radius 2 is 2.00 bits per heavy atom. The molecule has 1 aliphatic heterocycles. The molecule has 2 aliphatic carbocycles. The highest BCUT2D eigenvalue weighted by atomic mass is 32.1. The minimum atomic E-state index is -0.439. The number of nitrogen functional groups attached to an aromatic ring is 1. The van der Waals surface area contributed by atoms with Crippen molar-refractivity contribution in [2.45, 2.75) is 75.8 Å². The molecule has 6 heterocycles. The second-order valence-corrected chi connectivity index (χ2v) is 13.4. The SMILES string of the molecule is C[C@@H]([C@@H]1CCCN1C)n1ncc2c(-n3ccc(C#N)n3)nc(-c3noc4c3CCC[C@@]43CCCc4sc(N)c(C#N)c43)nc21. The highest BCUT2D eigenvalue weighted by molar-refractivity contribution is 7.16. The van der Waals surface area contributed by atoms with Crippen LogP contribution in [-0.4, -0.2) is 59.2 Å². The van der Waals surface area contributed by atoms with Crippen molar-refractivity contribution in [1.29, 1.82) is 10.5 Å². The van der Waals surface area contributed by atoms with Crippen LogP contribution in [0.3, 0.4) is 0 Å². The summed E-state index contributed by atoms with van der Waals surface area (Å²) in [5.41, 5.74) is 10.1. The van der Waals surface area contributed by atoms with Crippen LogP contribution in [0.4, 0.5) is 5.00 Å². The molecule has 3 aliphatic rings. The number of anilines is 1. The zero-order valence-corrected chi connectivity index (χ0v) is 25.4. The van der Waals surface area contributed by atoms with Crippen molar-refractivity contribution in [3.05, 3.63) is 51.5 Å². The van der Waals surface area contributed by atoms with E-state index in [-0.39, 0.29) is 6.04 Å². The Hall–Kier alpha value is -4.59. The van der Waals surface area contributed by atoms with Crippen LogP contribution in [0.15, 0.2) is 23.0 Å². The Labute approximate surface area is 257 Å². The number of fused-ring (bicyclic) bond motifs is 5. The summed E-state index contributed by atoms with van der Waals surface area (Å²) in [5.74, 6) is 1.77. The Bertz CT molecular complexity index is 2020. The van der Waals surface area contributed by atoms with Crippen LogP contribution in [0.25, 0.3) is 28.4 Å². The second kappa shape index (κ2) is 9.97. The summed E-state index contributed by atoms with van der Waals surface area (Å²) in [6, 6.07) is 6.57. The molecule has 0 saturated carbocycles. The van der Waals surface area contributed by atoms with Crippen LogP contribution in [0.5, 0.6) is 0 Å². The van der Waals surface area contributed by atoms with Gasteiger partial charge in [0, 0.05) is 22.7 Å². The van der Waals surface area contributed by atoms with E-state index in [2.05, 4.69) is 41.3 Å². The fourth-order valence-electron chi connectivity index (χ4n) is 7.92. The van der Waals surface area contributed by atoms with E-state index < -0.39 is 5.41 Å². The summed E-state index contributed by atoms with van der Waals surface area (Å²) in [4.78, 5) is 13.7. The Morgan fingerprint density at radius 3 is 2.75 bits per heavy atom. The zero-order valence-electron chi connectivity index (χ0n) is 24.6. The first-order chi connectivity index (χ1) is 21.4. The maximum Gasteiger partial charge on any atom is 0.186 e. The van der Waals surface area contributed by atoms with Gasteiger partial charge in [-0.25, -0.2) is 19.3 Å². The summed E-state index contributed by atoms with van der Waals surface area (Å²) in [7, 11) is 2.16. The van der Waals surface area contributed by atoms with Gasteiger partial charge in [-0.1, -0.05) is 5.16 Å². The minimum Gasteiger partial charge on any atom is -0.389 e. The third-order valence-electron chi connectivity index (χ3n) is 9.94. The lowest BCUT2D eigenvalue weighted by molar-refractivity contribution is 0.232. The molecule has 1 fully saturated rings. The monoisotopic (exact) mass is 605 g/mol. The van der Waals surface area contributed by atoms with Gasteiger partial charge >= 0.3 is 0 Å². The van der Waals surface area contributed by atoms with Gasteiger partial charge in [-0.2, -0.15) is 20.7 Å². The summed E-state index contributed by atoms with van der Waals surface area (Å²) < 4.78 is 9.86. The van der Waals surface area contributed by atoms with Gasteiger partial charge in [0.25, 0.3) is 0 Å². The molecule has 12 nitrogen and oxygen atoms in total. The number of nitriles is 2. The summed E-state index contributed by atoms with van der Waals surface area (Å²) in [6.45, 7) is 3.24. The van der Waals surface area contributed by atoms with Crippen molar-refractivity contribution in [1.82, 2.24) is 39.6 Å². The first-order valence-corrected chi connectivity index (χ1v) is 16.0. The highest BCUT2D eigenvalue weighted by Gasteiger charge is 2.49. The molecule has 8 rings (SSSR count). The van der Waals surface area contributed by atoms with Gasteiger partial charge in [-0.15, -0.1) is 11.3 Å². The minimum absolute atomic E-state index is 0.0755. The normalized spacial score (nSPS) is 22.1. The Morgan fingerprint density at radius 1 is 1.16 bits per heavy atom. The number of nitrogens with zero attached hydrogens (tertiary/aromatic N) is 10. The highest BCUT2D eigenvalue weighted by Crippen LogP contribution is 2.55. The predicted octanol–water partition coefficient (Wildman–Crippen LogP) is 4.67. The summed E-state index contributed by atoms with van der Waals surface area (Å²) in [6.07, 6.45) is 11.1. The van der Waals surface area contributed by atoms with E-state index >= 15 is 0 Å². The molecule has 1 spiro atoms. The maximum atomic E-state index is 10.1. The van der Waals surface area contributed by atoms with Gasteiger partial charge in [0.05, 0.1) is 28.6 Å². The fourth-order valence-corrected chi connectivity index (χ4v) is 9.08. The lowest BCUT2D eigenvalue weighted by Crippen LogP contribution is -2.35. The van der Waals surface area contributed by atoms with Crippen LogP contribution >= 0.6 is 11.3 Å². The number of nitrogens with two attached hydrogens (primary N) is 1. The van der Waals surface area contributed by atoms with Crippen LogP contribution in [0, 0.1) is 22.7 Å². The van der Waals surface area contributed by atoms with E-state index in [0.29, 0.717) is 45.3 Å². The fraction of sp³-hybridized carbons (Fsp3) is 0.452. The third kappa shape index (κ3) is 3.79. The zero-order chi connectivity index (χ0) is 30.2. The molecule has 1 saturated heterocycles. The standard InChI is InChI=1S/C31H31N11OS/c1-17(22-7-5-12-40(22)2)42-30-21(16-35-42)29(41-13-9-18(14-32)38-41)36-28(37-30)25-19-6-3-10-31(26(19)43-39-25)11-4-8-23-24(31)20(15-33)27(34)44-23/h9,13,16-17,22H,3-8,10-12,34H2,1-2H3/t17-,22-,31-/m0/s1. The average Bonchev–Trinajstić information content (AvgIpc) is 3.86. The Kier molecular flexibility index (Phi) is 6.12. The van der Waals surface area contributed by atoms with Crippen LogP contribution in [0.2, 0.25) is 0 Å². The summed E-state index contributed by atoms with van der Waals surface area (Å²) >= 11 is 1.53. The first kappa shape index (κ1) is 27.0. The molecule has 3 atom stereocenters. The number of likely N-dealkylation sites (N-methyl/N-ethyl adjacent to an activating group) is 1. The lowest BCUT2D eigenvalue weighted by atomic mass is 9.63. The number of hydrogen-bond acceptors (Lipinski definition) is 11. The molecule has 0 unspecified atom stereocenters. The lowest BCUT2D eigenvalue weighted by Gasteiger charge is -2.39. The predicted molar refractivity (Wildman–Crippen MR) is 163 cm³/mol. The molecule has 222 valence electrons. The molecule has 0 amide bonds. The van der Waals surface area contributed by atoms with Gasteiger partial charge in [0.2, 0.25) is 0 Å². The van der Waals surface area contributed by atoms with Gasteiger partial charge in [0.15, 0.2) is 34.4 Å². The number of aryl methyl sites for hydroxylation is 1.